The average molecular weight is 410 g/mol. The zero-order chi connectivity index (χ0) is 21.0. The summed E-state index contributed by atoms with van der Waals surface area (Å²) in [7, 11) is 0. The van der Waals surface area contributed by atoms with Crippen LogP contribution in [0.25, 0.3) is 0 Å². The molecule has 1 aliphatic rings. The lowest BCUT2D eigenvalue weighted by Crippen LogP contribution is -2.36. The highest BCUT2D eigenvalue weighted by molar-refractivity contribution is 5.91. The molecule has 0 unspecified atom stereocenters. The molecule has 0 atom stereocenters. The molecule has 10 heteroatoms. The van der Waals surface area contributed by atoms with E-state index in [9.17, 15) is 28.1 Å². The zero-order valence-electron chi connectivity index (χ0n) is 15.1. The van der Waals surface area contributed by atoms with E-state index in [1.54, 1.807) is 4.90 Å². The molecule has 0 N–H and O–H groups in total. The van der Waals surface area contributed by atoms with E-state index in [4.69, 9.17) is 9.47 Å². The Bertz CT molecular complexity index is 911. The lowest BCUT2D eigenvalue weighted by molar-refractivity contribution is -0.384. The van der Waals surface area contributed by atoms with Gasteiger partial charge in [-0.2, -0.15) is 13.2 Å². The summed E-state index contributed by atoms with van der Waals surface area (Å²) in [5.41, 5.74) is -0.627. The van der Waals surface area contributed by atoms with Crippen molar-refractivity contribution < 1.29 is 32.4 Å². The number of benzene rings is 2. The normalized spacial score (nSPS) is 14.5. The van der Waals surface area contributed by atoms with Crippen molar-refractivity contribution in [2.75, 3.05) is 31.2 Å². The van der Waals surface area contributed by atoms with Gasteiger partial charge in [-0.25, -0.2) is 4.79 Å². The third-order valence-corrected chi connectivity index (χ3v) is 4.38. The molecule has 29 heavy (non-hydrogen) atoms. The van der Waals surface area contributed by atoms with Gasteiger partial charge in [-0.3, -0.25) is 10.1 Å². The van der Waals surface area contributed by atoms with Gasteiger partial charge < -0.3 is 14.4 Å². The van der Waals surface area contributed by atoms with Crippen molar-refractivity contribution in [1.29, 1.82) is 0 Å². The Balaban J connectivity index is 1.74. The number of nitro benzene ring substituents is 1. The first kappa shape index (κ1) is 20.6. The largest absolute Gasteiger partial charge is 0.457 e. The Labute approximate surface area is 163 Å². The van der Waals surface area contributed by atoms with Gasteiger partial charge in [0.15, 0.2) is 0 Å². The lowest BCUT2D eigenvalue weighted by Gasteiger charge is -2.28. The monoisotopic (exact) mass is 410 g/mol. The van der Waals surface area contributed by atoms with Crippen LogP contribution in [0.3, 0.4) is 0 Å². The van der Waals surface area contributed by atoms with E-state index >= 15 is 0 Å². The fraction of sp³-hybridized carbons (Fsp3) is 0.316. The Morgan fingerprint density at radius 3 is 2.55 bits per heavy atom. The van der Waals surface area contributed by atoms with E-state index in [1.165, 1.54) is 24.3 Å². The standard InChI is InChI=1S/C19H17F3N2O5/c20-19(21,22)15-3-1-2-13(10-15)12-29-18(25)14-4-5-16(17(11-14)24(26)27)23-6-8-28-9-7-23/h1-5,10-11H,6-9,12H2. The van der Waals surface area contributed by atoms with Gasteiger partial charge in [-0.15, -0.1) is 0 Å². The average Bonchev–Trinajstić information content (AvgIpc) is 2.71. The van der Waals surface area contributed by atoms with Crippen LogP contribution < -0.4 is 4.90 Å². The van der Waals surface area contributed by atoms with Gasteiger partial charge in [0.2, 0.25) is 0 Å². The van der Waals surface area contributed by atoms with E-state index in [-0.39, 0.29) is 23.4 Å². The van der Waals surface area contributed by atoms with Crippen molar-refractivity contribution in [3.63, 3.8) is 0 Å². The maximum atomic E-state index is 12.8. The SMILES string of the molecule is O=C(OCc1cccc(C(F)(F)F)c1)c1ccc(N2CCOCC2)c([N+](=O)[O-])c1. The highest BCUT2D eigenvalue weighted by Crippen LogP contribution is 2.31. The first-order valence-corrected chi connectivity index (χ1v) is 8.70. The van der Waals surface area contributed by atoms with Gasteiger partial charge >= 0.3 is 12.1 Å². The number of rotatable bonds is 5. The van der Waals surface area contributed by atoms with Gasteiger partial charge in [0.05, 0.1) is 29.3 Å². The number of ether oxygens (including phenoxy) is 2. The highest BCUT2D eigenvalue weighted by atomic mass is 19.4. The number of halogens is 3. The Morgan fingerprint density at radius 2 is 1.90 bits per heavy atom. The predicted molar refractivity (Wildman–Crippen MR) is 96.7 cm³/mol. The van der Waals surface area contributed by atoms with Gasteiger partial charge in [0, 0.05) is 19.2 Å². The quantitative estimate of drug-likeness (QED) is 0.424. The summed E-state index contributed by atoms with van der Waals surface area (Å²) in [4.78, 5) is 24.9. The second kappa shape index (κ2) is 8.48. The van der Waals surface area contributed by atoms with E-state index in [0.717, 1.165) is 18.2 Å². The summed E-state index contributed by atoms with van der Waals surface area (Å²) in [6.45, 7) is 1.47. The van der Waals surface area contributed by atoms with Crippen LogP contribution in [-0.2, 0) is 22.3 Å². The number of alkyl halides is 3. The molecular formula is C19H17F3N2O5. The molecule has 0 aliphatic carbocycles. The minimum Gasteiger partial charge on any atom is -0.457 e. The van der Waals surface area contributed by atoms with Crippen LogP contribution in [0.4, 0.5) is 24.5 Å². The van der Waals surface area contributed by atoms with Crippen molar-refractivity contribution in [2.24, 2.45) is 0 Å². The number of anilines is 1. The van der Waals surface area contributed by atoms with Crippen LogP contribution in [0.2, 0.25) is 0 Å². The number of hydrogen-bond acceptors (Lipinski definition) is 6. The first-order valence-electron chi connectivity index (χ1n) is 8.70. The Kier molecular flexibility index (Phi) is 6.02. The van der Waals surface area contributed by atoms with Crippen LogP contribution >= 0.6 is 0 Å². The van der Waals surface area contributed by atoms with E-state index in [1.807, 2.05) is 0 Å². The predicted octanol–water partition coefficient (Wildman–Crippen LogP) is 3.81. The van der Waals surface area contributed by atoms with Crippen molar-refractivity contribution >= 4 is 17.3 Å². The van der Waals surface area contributed by atoms with E-state index < -0.39 is 22.6 Å². The van der Waals surface area contributed by atoms with Crippen LogP contribution in [0, 0.1) is 10.1 Å². The molecule has 1 fully saturated rings. The number of carbonyl (C=O) groups is 1. The second-order valence-electron chi connectivity index (χ2n) is 6.33. The number of morpholine rings is 1. The molecule has 1 aliphatic heterocycles. The minimum absolute atomic E-state index is 0.0549. The summed E-state index contributed by atoms with van der Waals surface area (Å²) < 4.78 is 48.5. The maximum absolute atomic E-state index is 12.8. The molecule has 2 aromatic rings. The van der Waals surface area contributed by atoms with Crippen molar-refractivity contribution in [2.45, 2.75) is 12.8 Å². The molecule has 1 heterocycles. The van der Waals surface area contributed by atoms with Gasteiger partial charge in [0.25, 0.3) is 5.69 Å². The maximum Gasteiger partial charge on any atom is 0.416 e. The fourth-order valence-electron chi connectivity index (χ4n) is 2.94. The lowest BCUT2D eigenvalue weighted by atomic mass is 10.1. The number of esters is 1. The van der Waals surface area contributed by atoms with E-state index in [0.29, 0.717) is 32.0 Å². The number of hydrogen-bond donors (Lipinski definition) is 0. The highest BCUT2D eigenvalue weighted by Gasteiger charge is 2.30. The number of nitro groups is 1. The molecule has 1 saturated heterocycles. The molecule has 0 aromatic heterocycles. The topological polar surface area (TPSA) is 81.9 Å². The zero-order valence-corrected chi connectivity index (χ0v) is 15.1. The molecule has 0 saturated carbocycles. The third kappa shape index (κ3) is 5.02. The fourth-order valence-corrected chi connectivity index (χ4v) is 2.94. The van der Waals surface area contributed by atoms with Gasteiger partial charge in [-0.1, -0.05) is 12.1 Å². The molecule has 0 amide bonds. The Hall–Kier alpha value is -3.14. The third-order valence-electron chi connectivity index (χ3n) is 4.38. The molecule has 3 rings (SSSR count). The summed E-state index contributed by atoms with van der Waals surface area (Å²) in [6.07, 6.45) is -4.50. The van der Waals surface area contributed by atoms with E-state index in [2.05, 4.69) is 0 Å². The van der Waals surface area contributed by atoms with Gasteiger partial charge in [-0.05, 0) is 29.8 Å². The Morgan fingerprint density at radius 1 is 1.17 bits per heavy atom. The second-order valence-corrected chi connectivity index (χ2v) is 6.33. The molecule has 2 aromatic carbocycles. The summed E-state index contributed by atoms with van der Waals surface area (Å²) in [5.74, 6) is -0.862. The number of carbonyl (C=O) groups excluding carboxylic acids is 1. The number of nitrogens with zero attached hydrogens (tertiary/aromatic N) is 2. The molecule has 154 valence electrons. The summed E-state index contributed by atoms with van der Waals surface area (Å²) in [6, 6.07) is 8.38. The molecular weight excluding hydrogens is 393 g/mol. The van der Waals surface area contributed by atoms with Crippen LogP contribution in [-0.4, -0.2) is 37.2 Å². The first-order chi connectivity index (χ1) is 13.8. The summed E-state index contributed by atoms with van der Waals surface area (Å²) >= 11 is 0. The molecule has 0 radical (unpaired) electrons. The van der Waals surface area contributed by atoms with Crippen LogP contribution in [0.15, 0.2) is 42.5 Å². The van der Waals surface area contributed by atoms with Crippen molar-refractivity contribution in [3.8, 4) is 0 Å². The molecule has 0 bridgehead atoms. The van der Waals surface area contributed by atoms with Crippen LogP contribution in [0.1, 0.15) is 21.5 Å². The molecule has 7 nitrogen and oxygen atoms in total. The van der Waals surface area contributed by atoms with Gasteiger partial charge in [0.1, 0.15) is 12.3 Å². The minimum atomic E-state index is -4.50. The summed E-state index contributed by atoms with van der Waals surface area (Å²) in [5, 5.41) is 11.4. The smallest absolute Gasteiger partial charge is 0.416 e. The van der Waals surface area contributed by atoms with Crippen molar-refractivity contribution in [1.82, 2.24) is 0 Å². The van der Waals surface area contributed by atoms with Crippen molar-refractivity contribution in [3.05, 3.63) is 69.3 Å². The van der Waals surface area contributed by atoms with Crippen LogP contribution in [0.5, 0.6) is 0 Å². The molecule has 0 spiro atoms.